The van der Waals surface area contributed by atoms with E-state index in [-0.39, 0.29) is 5.91 Å². The second kappa shape index (κ2) is 8.34. The Morgan fingerprint density at radius 2 is 1.77 bits per heavy atom. The average Bonchev–Trinajstić information content (AvgIpc) is 2.62. The molecule has 0 bridgehead atoms. The van der Waals surface area contributed by atoms with E-state index in [2.05, 4.69) is 22.2 Å². The van der Waals surface area contributed by atoms with Gasteiger partial charge in [0.05, 0.1) is 5.69 Å². The summed E-state index contributed by atoms with van der Waals surface area (Å²) in [4.78, 5) is 21.8. The van der Waals surface area contributed by atoms with Gasteiger partial charge in [-0.15, -0.1) is 0 Å². The third-order valence-corrected chi connectivity index (χ3v) is 4.62. The molecule has 2 aromatic carbocycles. The maximum Gasteiger partial charge on any atom is 0.257 e. The van der Waals surface area contributed by atoms with Crippen LogP contribution in [0.15, 0.2) is 53.5 Å². The molecule has 3 rings (SSSR count). The predicted octanol–water partition coefficient (Wildman–Crippen LogP) is 3.31. The first-order valence-corrected chi connectivity index (χ1v) is 9.05. The number of hydrogen-bond donors (Lipinski definition) is 1. The van der Waals surface area contributed by atoms with Gasteiger partial charge in [-0.1, -0.05) is 23.7 Å². The lowest BCUT2D eigenvalue weighted by Gasteiger charge is -2.34. The number of rotatable bonds is 2. The highest BCUT2D eigenvalue weighted by atomic mass is 35.5. The van der Waals surface area contributed by atoms with Crippen LogP contribution in [-0.2, 0) is 0 Å². The van der Waals surface area contributed by atoms with Crippen molar-refractivity contribution in [3.8, 4) is 0 Å². The van der Waals surface area contributed by atoms with Gasteiger partial charge in [0.2, 0.25) is 5.96 Å². The van der Waals surface area contributed by atoms with E-state index in [0.29, 0.717) is 16.5 Å². The number of nitrogens with zero attached hydrogens (tertiary/aromatic N) is 3. The monoisotopic (exact) mass is 370 g/mol. The summed E-state index contributed by atoms with van der Waals surface area (Å²) in [6, 6.07) is 14.8. The number of benzene rings is 2. The van der Waals surface area contributed by atoms with Crippen LogP contribution in [0.1, 0.15) is 15.9 Å². The van der Waals surface area contributed by atoms with Crippen molar-refractivity contribution in [1.29, 1.82) is 0 Å². The summed E-state index contributed by atoms with van der Waals surface area (Å²) in [6.07, 6.45) is 0. The molecule has 2 aromatic rings. The van der Waals surface area contributed by atoms with Crippen LogP contribution < -0.4 is 5.32 Å². The Kier molecular flexibility index (Phi) is 5.91. The van der Waals surface area contributed by atoms with E-state index in [1.807, 2.05) is 31.2 Å². The lowest BCUT2D eigenvalue weighted by molar-refractivity contribution is 0.0969. The van der Waals surface area contributed by atoms with Gasteiger partial charge in [0.1, 0.15) is 0 Å². The van der Waals surface area contributed by atoms with Crippen LogP contribution in [0.25, 0.3) is 0 Å². The summed E-state index contributed by atoms with van der Waals surface area (Å²) < 4.78 is 0. The molecule has 1 saturated heterocycles. The SMILES string of the molecule is Cc1cccc(N=C(NC(=O)c2ccc(Cl)cc2)N2CCN(C)CC2)c1. The molecule has 6 heteroatoms. The van der Waals surface area contributed by atoms with Gasteiger partial charge in [-0.3, -0.25) is 10.1 Å². The van der Waals surface area contributed by atoms with Gasteiger partial charge in [-0.2, -0.15) is 0 Å². The second-order valence-electron chi connectivity index (χ2n) is 6.53. The van der Waals surface area contributed by atoms with E-state index in [9.17, 15) is 4.79 Å². The summed E-state index contributed by atoms with van der Waals surface area (Å²) in [7, 11) is 2.10. The molecule has 1 N–H and O–H groups in total. The lowest BCUT2D eigenvalue weighted by atomic mass is 10.2. The normalized spacial score (nSPS) is 15.8. The number of carbonyl (C=O) groups is 1. The van der Waals surface area contributed by atoms with Crippen LogP contribution >= 0.6 is 11.6 Å². The van der Waals surface area contributed by atoms with Gasteiger partial charge in [-0.05, 0) is 55.9 Å². The van der Waals surface area contributed by atoms with E-state index >= 15 is 0 Å². The predicted molar refractivity (Wildman–Crippen MR) is 106 cm³/mol. The zero-order valence-electron chi connectivity index (χ0n) is 15.1. The molecule has 5 nitrogen and oxygen atoms in total. The van der Waals surface area contributed by atoms with Crippen molar-refractivity contribution in [1.82, 2.24) is 15.1 Å². The highest BCUT2D eigenvalue weighted by molar-refractivity contribution is 6.30. The van der Waals surface area contributed by atoms with Crippen LogP contribution in [0.3, 0.4) is 0 Å². The molecule has 136 valence electrons. The van der Waals surface area contributed by atoms with Crippen molar-refractivity contribution < 1.29 is 4.79 Å². The first-order chi connectivity index (χ1) is 12.5. The Morgan fingerprint density at radius 1 is 1.08 bits per heavy atom. The van der Waals surface area contributed by atoms with E-state index in [4.69, 9.17) is 16.6 Å². The largest absolute Gasteiger partial charge is 0.340 e. The third-order valence-electron chi connectivity index (χ3n) is 4.37. The van der Waals surface area contributed by atoms with Gasteiger partial charge in [0.25, 0.3) is 5.91 Å². The average molecular weight is 371 g/mol. The van der Waals surface area contributed by atoms with E-state index in [1.165, 1.54) is 0 Å². The summed E-state index contributed by atoms with van der Waals surface area (Å²) in [5.41, 5.74) is 2.52. The molecule has 0 aromatic heterocycles. The Labute approximate surface area is 159 Å². The molecule has 0 spiro atoms. The number of carbonyl (C=O) groups excluding carboxylic acids is 1. The minimum atomic E-state index is -0.188. The Morgan fingerprint density at radius 3 is 2.42 bits per heavy atom. The molecule has 0 aliphatic carbocycles. The third kappa shape index (κ3) is 4.84. The van der Waals surface area contributed by atoms with Crippen molar-refractivity contribution in [2.45, 2.75) is 6.92 Å². The molecule has 1 fully saturated rings. The number of amides is 1. The highest BCUT2D eigenvalue weighted by Gasteiger charge is 2.20. The summed E-state index contributed by atoms with van der Waals surface area (Å²) in [6.45, 7) is 5.54. The van der Waals surface area contributed by atoms with Crippen molar-refractivity contribution in [3.63, 3.8) is 0 Å². The number of nitrogens with one attached hydrogen (secondary N) is 1. The quantitative estimate of drug-likeness (QED) is 0.651. The molecular weight excluding hydrogens is 348 g/mol. The van der Waals surface area contributed by atoms with Gasteiger partial charge in [-0.25, -0.2) is 4.99 Å². The molecule has 0 radical (unpaired) electrons. The van der Waals surface area contributed by atoms with Crippen LogP contribution in [0.2, 0.25) is 5.02 Å². The van der Waals surface area contributed by atoms with Gasteiger partial charge < -0.3 is 9.80 Å². The molecule has 0 unspecified atom stereocenters. The van der Waals surface area contributed by atoms with Crippen molar-refractivity contribution in [2.75, 3.05) is 33.2 Å². The Hall–Kier alpha value is -2.37. The fraction of sp³-hybridized carbons (Fsp3) is 0.300. The highest BCUT2D eigenvalue weighted by Crippen LogP contribution is 2.15. The summed E-state index contributed by atoms with van der Waals surface area (Å²) in [5.74, 6) is 0.399. The maximum absolute atomic E-state index is 12.7. The molecule has 1 aliphatic rings. The Bertz CT molecular complexity index is 796. The Balaban J connectivity index is 1.84. The number of hydrogen-bond acceptors (Lipinski definition) is 3. The molecule has 1 amide bonds. The zero-order valence-corrected chi connectivity index (χ0v) is 15.8. The lowest BCUT2D eigenvalue weighted by Crippen LogP contribution is -2.52. The number of piperazine rings is 1. The van der Waals surface area contributed by atoms with Crippen LogP contribution in [0.4, 0.5) is 5.69 Å². The summed E-state index contributed by atoms with van der Waals surface area (Å²) >= 11 is 5.91. The fourth-order valence-electron chi connectivity index (χ4n) is 2.79. The molecule has 26 heavy (non-hydrogen) atoms. The van der Waals surface area contributed by atoms with Crippen LogP contribution in [-0.4, -0.2) is 54.9 Å². The van der Waals surface area contributed by atoms with Crippen molar-refractivity contribution in [3.05, 3.63) is 64.7 Å². The second-order valence-corrected chi connectivity index (χ2v) is 6.96. The van der Waals surface area contributed by atoms with Crippen LogP contribution in [0.5, 0.6) is 0 Å². The first-order valence-electron chi connectivity index (χ1n) is 8.67. The van der Waals surface area contributed by atoms with Crippen molar-refractivity contribution in [2.24, 2.45) is 4.99 Å². The number of aryl methyl sites for hydroxylation is 1. The topological polar surface area (TPSA) is 47.9 Å². The zero-order chi connectivity index (χ0) is 18.5. The molecule has 1 heterocycles. The number of halogens is 1. The first kappa shape index (κ1) is 18.4. The van der Waals surface area contributed by atoms with Gasteiger partial charge in [0, 0.05) is 36.8 Å². The number of aliphatic imine (C=N–C) groups is 1. The minimum Gasteiger partial charge on any atom is -0.340 e. The fourth-order valence-corrected chi connectivity index (χ4v) is 2.92. The van der Waals surface area contributed by atoms with Gasteiger partial charge in [0.15, 0.2) is 0 Å². The minimum absolute atomic E-state index is 0.188. The van der Waals surface area contributed by atoms with Crippen molar-refractivity contribution >= 4 is 29.2 Å². The number of likely N-dealkylation sites (N-methyl/N-ethyl adjacent to an activating group) is 1. The molecule has 0 saturated carbocycles. The van der Waals surface area contributed by atoms with E-state index in [0.717, 1.165) is 37.4 Å². The van der Waals surface area contributed by atoms with E-state index < -0.39 is 0 Å². The van der Waals surface area contributed by atoms with Gasteiger partial charge >= 0.3 is 0 Å². The molecule has 1 aliphatic heterocycles. The molecular formula is C20H23ClN4O. The van der Waals surface area contributed by atoms with Crippen LogP contribution in [0, 0.1) is 6.92 Å². The maximum atomic E-state index is 12.7. The standard InChI is InChI=1S/C20H23ClN4O/c1-15-4-3-5-18(14-15)22-20(25-12-10-24(2)11-13-25)23-19(26)16-6-8-17(21)9-7-16/h3-9,14H,10-13H2,1-2H3,(H,22,23,26). The number of guanidine groups is 1. The molecule has 0 atom stereocenters. The van der Waals surface area contributed by atoms with E-state index in [1.54, 1.807) is 24.3 Å². The smallest absolute Gasteiger partial charge is 0.257 e. The summed E-state index contributed by atoms with van der Waals surface area (Å²) in [5, 5.41) is 3.59.